The van der Waals surface area contributed by atoms with E-state index in [2.05, 4.69) is 4.98 Å². The highest BCUT2D eigenvalue weighted by Crippen LogP contribution is 2.26. The van der Waals surface area contributed by atoms with Crippen molar-refractivity contribution in [3.05, 3.63) is 63.9 Å². The molecule has 2 aromatic rings. The molecule has 0 radical (unpaired) electrons. The van der Waals surface area contributed by atoms with Gasteiger partial charge in [-0.1, -0.05) is 29.3 Å². The van der Waals surface area contributed by atoms with Crippen LogP contribution in [0.25, 0.3) is 0 Å². The minimum Gasteiger partial charge on any atom is -0.393 e. The lowest BCUT2D eigenvalue weighted by Gasteiger charge is -2.13. The fraction of sp³-hybridized carbons (Fsp3) is 0.267. The maximum Gasteiger partial charge on any atom is 0.0584 e. The van der Waals surface area contributed by atoms with Crippen molar-refractivity contribution in [1.29, 1.82) is 0 Å². The van der Waals surface area contributed by atoms with E-state index in [0.717, 1.165) is 12.0 Å². The van der Waals surface area contributed by atoms with Gasteiger partial charge in [0.05, 0.1) is 6.10 Å². The number of aromatic nitrogens is 1. The Hall–Kier alpha value is -1.09. The van der Waals surface area contributed by atoms with Gasteiger partial charge in [0.2, 0.25) is 0 Å². The van der Waals surface area contributed by atoms with Crippen LogP contribution in [0.4, 0.5) is 0 Å². The minimum absolute atomic E-state index is 0.453. The smallest absolute Gasteiger partial charge is 0.0584 e. The molecule has 19 heavy (non-hydrogen) atoms. The Labute approximate surface area is 123 Å². The molecule has 1 atom stereocenters. The van der Waals surface area contributed by atoms with Crippen molar-refractivity contribution >= 4 is 23.2 Å². The van der Waals surface area contributed by atoms with Gasteiger partial charge in [-0.3, -0.25) is 4.98 Å². The van der Waals surface area contributed by atoms with Crippen molar-refractivity contribution in [3.63, 3.8) is 0 Å². The van der Waals surface area contributed by atoms with Crippen molar-refractivity contribution in [1.82, 2.24) is 4.98 Å². The molecule has 100 valence electrons. The lowest BCUT2D eigenvalue weighted by molar-refractivity contribution is 0.165. The molecule has 0 bridgehead atoms. The quantitative estimate of drug-likeness (QED) is 0.907. The van der Waals surface area contributed by atoms with E-state index < -0.39 is 6.10 Å². The van der Waals surface area contributed by atoms with Crippen LogP contribution >= 0.6 is 23.2 Å². The van der Waals surface area contributed by atoms with Crippen LogP contribution in [0.5, 0.6) is 0 Å². The number of halogens is 2. The van der Waals surface area contributed by atoms with Crippen LogP contribution in [0.1, 0.15) is 17.5 Å². The molecule has 1 aromatic carbocycles. The average molecular weight is 296 g/mol. The zero-order valence-corrected chi connectivity index (χ0v) is 11.9. The van der Waals surface area contributed by atoms with Crippen molar-refractivity contribution in [2.75, 3.05) is 0 Å². The maximum atomic E-state index is 10.1. The molecule has 0 saturated heterocycles. The fourth-order valence-corrected chi connectivity index (χ4v) is 2.50. The number of hydrogen-bond donors (Lipinski definition) is 1. The first kappa shape index (κ1) is 14.3. The standard InChI is InChI=1S/C15H15Cl2NO/c16-14-2-1-3-15(17)13(14)10-12(19)5-4-11-6-8-18-9-7-11/h1-3,6-9,12,19H,4-5,10H2. The lowest BCUT2D eigenvalue weighted by Crippen LogP contribution is -2.12. The fourth-order valence-electron chi connectivity index (χ4n) is 1.95. The monoisotopic (exact) mass is 295 g/mol. The van der Waals surface area contributed by atoms with Crippen molar-refractivity contribution < 1.29 is 5.11 Å². The first-order chi connectivity index (χ1) is 9.16. The Morgan fingerprint density at radius 3 is 2.32 bits per heavy atom. The number of pyridine rings is 1. The largest absolute Gasteiger partial charge is 0.393 e. The lowest BCUT2D eigenvalue weighted by atomic mass is 10.0. The SMILES string of the molecule is OC(CCc1ccncc1)Cc1c(Cl)cccc1Cl. The molecular weight excluding hydrogens is 281 g/mol. The molecule has 0 aliphatic heterocycles. The number of aliphatic hydroxyl groups excluding tert-OH is 1. The van der Waals surface area contributed by atoms with E-state index in [1.165, 1.54) is 5.56 Å². The molecule has 0 saturated carbocycles. The molecule has 0 aliphatic carbocycles. The summed E-state index contributed by atoms with van der Waals surface area (Å²) in [4.78, 5) is 3.97. The summed E-state index contributed by atoms with van der Waals surface area (Å²) in [7, 11) is 0. The molecule has 1 N–H and O–H groups in total. The van der Waals surface area contributed by atoms with Crippen molar-refractivity contribution in [3.8, 4) is 0 Å². The van der Waals surface area contributed by atoms with Crippen LogP contribution in [0.15, 0.2) is 42.7 Å². The molecular formula is C15H15Cl2NO. The number of hydrogen-bond acceptors (Lipinski definition) is 2. The molecule has 1 aromatic heterocycles. The minimum atomic E-state index is -0.453. The second-order valence-electron chi connectivity index (χ2n) is 4.45. The summed E-state index contributed by atoms with van der Waals surface area (Å²) in [6, 6.07) is 9.29. The van der Waals surface area contributed by atoms with Gasteiger partial charge >= 0.3 is 0 Å². The van der Waals surface area contributed by atoms with E-state index >= 15 is 0 Å². The Balaban J connectivity index is 1.93. The average Bonchev–Trinajstić information content (AvgIpc) is 2.42. The normalized spacial score (nSPS) is 12.4. The van der Waals surface area contributed by atoms with E-state index in [1.807, 2.05) is 12.1 Å². The van der Waals surface area contributed by atoms with Crippen LogP contribution in [0.2, 0.25) is 10.0 Å². The van der Waals surface area contributed by atoms with Gasteiger partial charge < -0.3 is 5.11 Å². The zero-order valence-electron chi connectivity index (χ0n) is 10.4. The maximum absolute atomic E-state index is 10.1. The van der Waals surface area contributed by atoms with Crippen LogP contribution < -0.4 is 0 Å². The van der Waals surface area contributed by atoms with Gasteiger partial charge in [0.25, 0.3) is 0 Å². The van der Waals surface area contributed by atoms with Gasteiger partial charge in [0.1, 0.15) is 0 Å². The van der Waals surface area contributed by atoms with Gasteiger partial charge in [-0.2, -0.15) is 0 Å². The molecule has 0 fully saturated rings. The van der Waals surface area contributed by atoms with E-state index in [0.29, 0.717) is 22.9 Å². The van der Waals surface area contributed by atoms with Gasteiger partial charge in [-0.25, -0.2) is 0 Å². The Morgan fingerprint density at radius 1 is 1.05 bits per heavy atom. The van der Waals surface area contributed by atoms with E-state index in [1.54, 1.807) is 30.6 Å². The topological polar surface area (TPSA) is 33.1 Å². The van der Waals surface area contributed by atoms with Crippen molar-refractivity contribution in [2.45, 2.75) is 25.4 Å². The summed E-state index contributed by atoms with van der Waals surface area (Å²) < 4.78 is 0. The first-order valence-corrected chi connectivity index (χ1v) is 6.92. The number of aliphatic hydroxyl groups is 1. The predicted octanol–water partition coefficient (Wildman–Crippen LogP) is 3.92. The van der Waals surface area contributed by atoms with Gasteiger partial charge in [0, 0.05) is 28.9 Å². The summed E-state index contributed by atoms with van der Waals surface area (Å²) in [5, 5.41) is 11.3. The third-order valence-electron chi connectivity index (χ3n) is 3.02. The summed E-state index contributed by atoms with van der Waals surface area (Å²) in [6.45, 7) is 0. The third kappa shape index (κ3) is 4.20. The number of benzene rings is 1. The van der Waals surface area contributed by atoms with Crippen LogP contribution in [0, 0.1) is 0 Å². The molecule has 0 spiro atoms. The number of nitrogens with zero attached hydrogens (tertiary/aromatic N) is 1. The first-order valence-electron chi connectivity index (χ1n) is 6.16. The van der Waals surface area contributed by atoms with Gasteiger partial charge in [-0.05, 0) is 48.2 Å². The van der Waals surface area contributed by atoms with Gasteiger partial charge in [0.15, 0.2) is 0 Å². The summed E-state index contributed by atoms with van der Waals surface area (Å²) in [5.41, 5.74) is 1.98. The van der Waals surface area contributed by atoms with E-state index in [-0.39, 0.29) is 0 Å². The zero-order chi connectivity index (χ0) is 13.7. The van der Waals surface area contributed by atoms with E-state index in [4.69, 9.17) is 23.2 Å². The molecule has 1 heterocycles. The van der Waals surface area contributed by atoms with E-state index in [9.17, 15) is 5.11 Å². The number of rotatable bonds is 5. The Kier molecular flexibility index (Phi) is 5.20. The highest BCUT2D eigenvalue weighted by atomic mass is 35.5. The predicted molar refractivity (Wildman–Crippen MR) is 78.7 cm³/mol. The molecule has 0 amide bonds. The molecule has 2 rings (SSSR count). The summed E-state index contributed by atoms with van der Waals surface area (Å²) in [6.07, 6.45) is 5.02. The second-order valence-corrected chi connectivity index (χ2v) is 5.27. The third-order valence-corrected chi connectivity index (χ3v) is 3.73. The highest BCUT2D eigenvalue weighted by molar-refractivity contribution is 6.35. The summed E-state index contributed by atoms with van der Waals surface area (Å²) >= 11 is 12.2. The molecule has 4 heteroatoms. The second kappa shape index (κ2) is 6.90. The van der Waals surface area contributed by atoms with Crippen molar-refractivity contribution in [2.24, 2.45) is 0 Å². The number of aryl methyl sites for hydroxylation is 1. The van der Waals surface area contributed by atoms with Crippen LogP contribution in [-0.2, 0) is 12.8 Å². The Morgan fingerprint density at radius 2 is 1.68 bits per heavy atom. The van der Waals surface area contributed by atoms with Gasteiger partial charge in [-0.15, -0.1) is 0 Å². The molecule has 0 aliphatic rings. The summed E-state index contributed by atoms with van der Waals surface area (Å²) in [5.74, 6) is 0. The molecule has 2 nitrogen and oxygen atoms in total. The Bertz CT molecular complexity index is 511. The van der Waals surface area contributed by atoms with Crippen LogP contribution in [-0.4, -0.2) is 16.2 Å². The molecule has 1 unspecified atom stereocenters. The highest BCUT2D eigenvalue weighted by Gasteiger charge is 2.11. The van der Waals surface area contributed by atoms with Crippen LogP contribution in [0.3, 0.4) is 0 Å².